The minimum Gasteiger partial charge on any atom is -0.455 e. The molecule has 0 saturated heterocycles. The van der Waals surface area contributed by atoms with Gasteiger partial charge in [0.25, 0.3) is 0 Å². The summed E-state index contributed by atoms with van der Waals surface area (Å²) >= 11 is 5.97. The number of aryl methyl sites for hydroxylation is 3. The van der Waals surface area contributed by atoms with Gasteiger partial charge < -0.3 is 9.15 Å². The standard InChI is InChI=1S/C14H15ClN2O3/c1-8-4-5-11(14(15)16-8)6-13(18)19-7-12-17-9(2)10(3)20-12/h4-5H,6-7H2,1-3H3. The summed E-state index contributed by atoms with van der Waals surface area (Å²) in [6, 6.07) is 3.57. The molecule has 0 saturated carbocycles. The highest BCUT2D eigenvalue weighted by molar-refractivity contribution is 6.30. The Kier molecular flexibility index (Phi) is 4.39. The van der Waals surface area contributed by atoms with E-state index in [1.165, 1.54) is 0 Å². The van der Waals surface area contributed by atoms with Gasteiger partial charge in [-0.15, -0.1) is 0 Å². The van der Waals surface area contributed by atoms with Crippen LogP contribution >= 0.6 is 11.6 Å². The molecule has 0 radical (unpaired) electrons. The lowest BCUT2D eigenvalue weighted by atomic mass is 10.2. The maximum absolute atomic E-state index is 11.7. The molecule has 106 valence electrons. The van der Waals surface area contributed by atoms with Crippen LogP contribution in [0.25, 0.3) is 0 Å². The van der Waals surface area contributed by atoms with E-state index in [1.54, 1.807) is 12.1 Å². The molecular weight excluding hydrogens is 280 g/mol. The van der Waals surface area contributed by atoms with Crippen LogP contribution in [0.1, 0.15) is 28.6 Å². The summed E-state index contributed by atoms with van der Waals surface area (Å²) in [6.07, 6.45) is 0.0742. The smallest absolute Gasteiger partial charge is 0.310 e. The zero-order valence-corrected chi connectivity index (χ0v) is 12.3. The molecule has 0 aliphatic rings. The van der Waals surface area contributed by atoms with Crippen molar-refractivity contribution in [3.8, 4) is 0 Å². The molecule has 6 heteroatoms. The molecule has 0 aromatic carbocycles. The van der Waals surface area contributed by atoms with E-state index in [1.807, 2.05) is 20.8 Å². The van der Waals surface area contributed by atoms with Crippen LogP contribution in [-0.4, -0.2) is 15.9 Å². The maximum Gasteiger partial charge on any atom is 0.310 e. The minimum absolute atomic E-state index is 0.0183. The first kappa shape index (κ1) is 14.5. The number of halogens is 1. The van der Waals surface area contributed by atoms with Gasteiger partial charge in [0, 0.05) is 11.3 Å². The van der Waals surface area contributed by atoms with E-state index in [0.717, 1.165) is 17.1 Å². The fraction of sp³-hybridized carbons (Fsp3) is 0.357. The Morgan fingerprint density at radius 3 is 2.65 bits per heavy atom. The molecule has 0 unspecified atom stereocenters. The number of rotatable bonds is 4. The van der Waals surface area contributed by atoms with Gasteiger partial charge in [-0.3, -0.25) is 4.79 Å². The maximum atomic E-state index is 11.7. The predicted molar refractivity (Wildman–Crippen MR) is 73.5 cm³/mol. The van der Waals surface area contributed by atoms with E-state index in [-0.39, 0.29) is 13.0 Å². The van der Waals surface area contributed by atoms with E-state index in [4.69, 9.17) is 20.8 Å². The van der Waals surface area contributed by atoms with E-state index in [9.17, 15) is 4.79 Å². The van der Waals surface area contributed by atoms with Crippen molar-refractivity contribution < 1.29 is 13.9 Å². The van der Waals surface area contributed by atoms with Gasteiger partial charge in [-0.05, 0) is 26.8 Å². The largest absolute Gasteiger partial charge is 0.455 e. The number of ether oxygens (including phenoxy) is 1. The van der Waals surface area contributed by atoms with E-state index >= 15 is 0 Å². The minimum atomic E-state index is -0.397. The Morgan fingerprint density at radius 2 is 2.05 bits per heavy atom. The van der Waals surface area contributed by atoms with Crippen molar-refractivity contribution in [1.82, 2.24) is 9.97 Å². The molecule has 20 heavy (non-hydrogen) atoms. The highest BCUT2D eigenvalue weighted by Gasteiger charge is 2.12. The second-order valence-electron chi connectivity index (χ2n) is 4.49. The van der Waals surface area contributed by atoms with Gasteiger partial charge in [-0.2, -0.15) is 0 Å². The van der Waals surface area contributed by atoms with Gasteiger partial charge in [0.2, 0.25) is 5.89 Å². The quantitative estimate of drug-likeness (QED) is 0.641. The summed E-state index contributed by atoms with van der Waals surface area (Å²) in [5.74, 6) is 0.717. The molecular formula is C14H15ClN2O3. The van der Waals surface area contributed by atoms with Crippen molar-refractivity contribution in [2.24, 2.45) is 0 Å². The third-order valence-corrected chi connectivity index (χ3v) is 3.16. The Morgan fingerprint density at radius 1 is 1.30 bits per heavy atom. The van der Waals surface area contributed by atoms with Crippen LogP contribution in [0, 0.1) is 20.8 Å². The number of esters is 1. The lowest BCUT2D eigenvalue weighted by molar-refractivity contribution is -0.144. The summed E-state index contributed by atoms with van der Waals surface area (Å²) in [6.45, 7) is 5.50. The fourth-order valence-electron chi connectivity index (χ4n) is 1.64. The summed E-state index contributed by atoms with van der Waals surface area (Å²) in [5.41, 5.74) is 2.24. The topological polar surface area (TPSA) is 65.2 Å². The van der Waals surface area contributed by atoms with Gasteiger partial charge in [-0.1, -0.05) is 17.7 Å². The SMILES string of the molecule is Cc1ccc(CC(=O)OCc2nc(C)c(C)o2)c(Cl)n1. The van der Waals surface area contributed by atoms with Crippen LogP contribution in [0.15, 0.2) is 16.5 Å². The van der Waals surface area contributed by atoms with Gasteiger partial charge in [0.1, 0.15) is 10.9 Å². The summed E-state index contributed by atoms with van der Waals surface area (Å²) in [7, 11) is 0. The van der Waals surface area contributed by atoms with Gasteiger partial charge in [0.05, 0.1) is 12.1 Å². The first-order valence-corrected chi connectivity index (χ1v) is 6.54. The zero-order chi connectivity index (χ0) is 14.7. The Bertz CT molecular complexity index is 618. The average Bonchev–Trinajstić information content (AvgIpc) is 2.70. The molecule has 0 bridgehead atoms. The second-order valence-corrected chi connectivity index (χ2v) is 4.85. The van der Waals surface area contributed by atoms with Crippen molar-refractivity contribution >= 4 is 17.6 Å². The number of nitrogens with zero attached hydrogens (tertiary/aromatic N) is 2. The number of carbonyl (C=O) groups excluding carboxylic acids is 1. The van der Waals surface area contributed by atoms with Crippen LogP contribution in [0.3, 0.4) is 0 Å². The molecule has 0 N–H and O–H groups in total. The van der Waals surface area contributed by atoms with Crippen LogP contribution in [0.4, 0.5) is 0 Å². The monoisotopic (exact) mass is 294 g/mol. The number of carbonyl (C=O) groups is 1. The molecule has 0 aliphatic heterocycles. The number of oxazole rings is 1. The van der Waals surface area contributed by atoms with Gasteiger partial charge >= 0.3 is 5.97 Å². The fourth-order valence-corrected chi connectivity index (χ4v) is 1.90. The van der Waals surface area contributed by atoms with E-state index in [2.05, 4.69) is 9.97 Å². The van der Waals surface area contributed by atoms with Crippen LogP contribution < -0.4 is 0 Å². The normalized spacial score (nSPS) is 10.6. The van der Waals surface area contributed by atoms with Gasteiger partial charge in [0.15, 0.2) is 6.61 Å². The molecule has 5 nitrogen and oxygen atoms in total. The van der Waals surface area contributed by atoms with Crippen LogP contribution in [-0.2, 0) is 22.6 Å². The molecule has 0 fully saturated rings. The molecule has 0 amide bonds. The highest BCUT2D eigenvalue weighted by atomic mass is 35.5. The Balaban J connectivity index is 1.92. The Hall–Kier alpha value is -1.88. The number of pyridine rings is 1. The van der Waals surface area contributed by atoms with Gasteiger partial charge in [-0.25, -0.2) is 9.97 Å². The van der Waals surface area contributed by atoms with Crippen molar-refractivity contribution in [1.29, 1.82) is 0 Å². The zero-order valence-electron chi connectivity index (χ0n) is 11.6. The van der Waals surface area contributed by atoms with Crippen molar-refractivity contribution in [3.05, 3.63) is 45.9 Å². The number of hydrogen-bond acceptors (Lipinski definition) is 5. The number of hydrogen-bond donors (Lipinski definition) is 0. The molecule has 2 rings (SSSR count). The average molecular weight is 295 g/mol. The first-order chi connectivity index (χ1) is 9.45. The van der Waals surface area contributed by atoms with Crippen LogP contribution in [0.2, 0.25) is 5.15 Å². The van der Waals surface area contributed by atoms with Crippen molar-refractivity contribution in [2.75, 3.05) is 0 Å². The molecule has 2 aromatic heterocycles. The van der Waals surface area contributed by atoms with Crippen molar-refractivity contribution in [2.45, 2.75) is 33.8 Å². The predicted octanol–water partition coefficient (Wildman–Crippen LogP) is 2.93. The summed E-state index contributed by atoms with van der Waals surface area (Å²) in [4.78, 5) is 20.0. The van der Waals surface area contributed by atoms with Crippen LogP contribution in [0.5, 0.6) is 0 Å². The molecule has 0 atom stereocenters. The molecule has 0 aliphatic carbocycles. The third kappa shape index (κ3) is 3.57. The lowest BCUT2D eigenvalue weighted by Gasteiger charge is -2.04. The van der Waals surface area contributed by atoms with E-state index in [0.29, 0.717) is 16.6 Å². The molecule has 0 spiro atoms. The second kappa shape index (κ2) is 6.05. The summed E-state index contributed by atoms with van der Waals surface area (Å²) < 4.78 is 10.4. The molecule has 2 aromatic rings. The lowest BCUT2D eigenvalue weighted by Crippen LogP contribution is -2.09. The third-order valence-electron chi connectivity index (χ3n) is 2.83. The Labute approximate surface area is 121 Å². The first-order valence-electron chi connectivity index (χ1n) is 6.16. The number of aromatic nitrogens is 2. The molecule has 2 heterocycles. The van der Waals surface area contributed by atoms with Crippen molar-refractivity contribution in [3.63, 3.8) is 0 Å². The highest BCUT2D eigenvalue weighted by Crippen LogP contribution is 2.15. The summed E-state index contributed by atoms with van der Waals surface area (Å²) in [5, 5.41) is 0.324. The van der Waals surface area contributed by atoms with E-state index < -0.39 is 5.97 Å².